The maximum Gasteiger partial charge on any atom is 0.0476 e. The van der Waals surface area contributed by atoms with Crippen molar-refractivity contribution in [3.63, 3.8) is 0 Å². The van der Waals surface area contributed by atoms with Crippen molar-refractivity contribution in [3.05, 3.63) is 34.9 Å². The van der Waals surface area contributed by atoms with Gasteiger partial charge < -0.3 is 4.90 Å². The van der Waals surface area contributed by atoms with Gasteiger partial charge in [-0.3, -0.25) is 0 Å². The SMILES string of the molecule is Cc1c(CCl)cccc1CCC1CCC(CN2CCC(C3CCCCC3)CC2)CC1. The highest BCUT2D eigenvalue weighted by atomic mass is 35.5. The molecule has 1 heterocycles. The predicted octanol–water partition coefficient (Wildman–Crippen LogP) is 7.77. The minimum atomic E-state index is 0.642. The van der Waals surface area contributed by atoms with Crippen molar-refractivity contribution in [2.45, 2.75) is 96.3 Å². The Kier molecular flexibility index (Phi) is 8.59. The third-order valence-electron chi connectivity index (χ3n) is 8.96. The average Bonchev–Trinajstić information content (AvgIpc) is 2.80. The number of alkyl halides is 1. The van der Waals surface area contributed by atoms with Crippen molar-refractivity contribution >= 4 is 11.6 Å². The van der Waals surface area contributed by atoms with Crippen LogP contribution in [0.15, 0.2) is 18.2 Å². The van der Waals surface area contributed by atoms with Crippen molar-refractivity contribution in [2.24, 2.45) is 23.7 Å². The molecule has 2 heteroatoms. The molecule has 0 radical (unpaired) electrons. The number of hydrogen-bond donors (Lipinski definition) is 0. The maximum absolute atomic E-state index is 6.09. The lowest BCUT2D eigenvalue weighted by molar-refractivity contribution is 0.102. The topological polar surface area (TPSA) is 3.24 Å². The summed E-state index contributed by atoms with van der Waals surface area (Å²) in [4.78, 5) is 2.82. The van der Waals surface area contributed by atoms with E-state index in [-0.39, 0.29) is 0 Å². The smallest absolute Gasteiger partial charge is 0.0476 e. The largest absolute Gasteiger partial charge is 0.303 e. The van der Waals surface area contributed by atoms with Crippen LogP contribution in [0, 0.1) is 30.6 Å². The summed E-state index contributed by atoms with van der Waals surface area (Å²) in [5, 5.41) is 0. The summed E-state index contributed by atoms with van der Waals surface area (Å²) in [6, 6.07) is 6.68. The summed E-state index contributed by atoms with van der Waals surface area (Å²) in [5.74, 6) is 4.68. The number of piperidine rings is 1. The Morgan fingerprint density at radius 3 is 2.13 bits per heavy atom. The highest BCUT2D eigenvalue weighted by Gasteiger charge is 2.29. The molecule has 1 aliphatic heterocycles. The fourth-order valence-corrected chi connectivity index (χ4v) is 7.08. The molecule has 0 N–H and O–H groups in total. The first-order chi connectivity index (χ1) is 14.7. The molecule has 4 rings (SSSR count). The molecule has 168 valence electrons. The fourth-order valence-electron chi connectivity index (χ4n) is 6.79. The second-order valence-corrected chi connectivity index (χ2v) is 11.1. The minimum Gasteiger partial charge on any atom is -0.303 e. The van der Waals surface area contributed by atoms with E-state index in [9.17, 15) is 0 Å². The van der Waals surface area contributed by atoms with E-state index < -0.39 is 0 Å². The van der Waals surface area contributed by atoms with Gasteiger partial charge in [-0.05, 0) is 98.9 Å². The minimum absolute atomic E-state index is 0.642. The van der Waals surface area contributed by atoms with E-state index in [1.807, 2.05) is 0 Å². The van der Waals surface area contributed by atoms with Crippen molar-refractivity contribution in [1.82, 2.24) is 4.90 Å². The molecule has 0 unspecified atom stereocenters. The standard InChI is InChI=1S/C28H44ClN/c1-22-25(8-5-9-28(22)20-29)15-14-23-10-12-24(13-11-23)21-30-18-16-27(17-19-30)26-6-3-2-4-7-26/h5,8-9,23-24,26-27H,2-4,6-7,10-21H2,1H3. The van der Waals surface area contributed by atoms with Gasteiger partial charge in [-0.15, -0.1) is 11.6 Å². The van der Waals surface area contributed by atoms with E-state index in [0.717, 1.165) is 23.7 Å². The van der Waals surface area contributed by atoms with Gasteiger partial charge in [0.1, 0.15) is 0 Å². The number of benzene rings is 1. The molecule has 2 saturated carbocycles. The molecule has 0 atom stereocenters. The van der Waals surface area contributed by atoms with Crippen LogP contribution in [0.5, 0.6) is 0 Å². The lowest BCUT2D eigenvalue weighted by Gasteiger charge is -2.40. The van der Waals surface area contributed by atoms with Crippen LogP contribution in [0.25, 0.3) is 0 Å². The molecule has 0 aromatic heterocycles. The molecule has 1 aromatic carbocycles. The third-order valence-corrected chi connectivity index (χ3v) is 9.24. The van der Waals surface area contributed by atoms with Gasteiger partial charge in [-0.1, -0.05) is 63.1 Å². The Morgan fingerprint density at radius 1 is 0.800 bits per heavy atom. The molecule has 0 spiro atoms. The zero-order valence-corrected chi connectivity index (χ0v) is 20.1. The summed E-state index contributed by atoms with van der Waals surface area (Å²) >= 11 is 6.09. The summed E-state index contributed by atoms with van der Waals surface area (Å²) in [7, 11) is 0. The fraction of sp³-hybridized carbons (Fsp3) is 0.786. The zero-order valence-electron chi connectivity index (χ0n) is 19.4. The van der Waals surface area contributed by atoms with Crippen LogP contribution in [0.2, 0.25) is 0 Å². The van der Waals surface area contributed by atoms with Gasteiger partial charge in [0.2, 0.25) is 0 Å². The number of halogens is 1. The molecular formula is C28H44ClN. The van der Waals surface area contributed by atoms with E-state index >= 15 is 0 Å². The van der Waals surface area contributed by atoms with Gasteiger partial charge in [-0.2, -0.15) is 0 Å². The molecule has 2 aliphatic carbocycles. The average molecular weight is 430 g/mol. The molecule has 0 bridgehead atoms. The van der Waals surface area contributed by atoms with Gasteiger partial charge in [0.05, 0.1) is 0 Å². The molecule has 3 fully saturated rings. The molecular weight excluding hydrogens is 386 g/mol. The predicted molar refractivity (Wildman–Crippen MR) is 130 cm³/mol. The number of hydrogen-bond acceptors (Lipinski definition) is 1. The Labute approximate surface area is 191 Å². The van der Waals surface area contributed by atoms with Crippen LogP contribution in [0.4, 0.5) is 0 Å². The lowest BCUT2D eigenvalue weighted by Crippen LogP contribution is -2.39. The van der Waals surface area contributed by atoms with Crippen LogP contribution in [-0.4, -0.2) is 24.5 Å². The Morgan fingerprint density at radius 2 is 1.43 bits per heavy atom. The summed E-state index contributed by atoms with van der Waals surface area (Å²) in [5.41, 5.74) is 4.26. The molecule has 1 nitrogen and oxygen atoms in total. The van der Waals surface area contributed by atoms with E-state index in [1.54, 1.807) is 0 Å². The normalized spacial score (nSPS) is 27.4. The van der Waals surface area contributed by atoms with Crippen LogP contribution in [-0.2, 0) is 12.3 Å². The number of aryl methyl sites for hydroxylation is 1. The highest BCUT2D eigenvalue weighted by molar-refractivity contribution is 6.17. The monoisotopic (exact) mass is 429 g/mol. The third kappa shape index (κ3) is 6.04. The summed E-state index contributed by atoms with van der Waals surface area (Å²) in [6.07, 6.45) is 19.0. The first kappa shape index (κ1) is 22.7. The van der Waals surface area contributed by atoms with Crippen LogP contribution in [0.1, 0.15) is 93.7 Å². The van der Waals surface area contributed by atoms with Crippen molar-refractivity contribution < 1.29 is 0 Å². The van der Waals surface area contributed by atoms with Crippen LogP contribution < -0.4 is 0 Å². The molecule has 3 aliphatic rings. The Hall–Kier alpha value is -0.530. The van der Waals surface area contributed by atoms with Crippen molar-refractivity contribution in [2.75, 3.05) is 19.6 Å². The lowest BCUT2D eigenvalue weighted by atomic mass is 9.75. The quantitative estimate of drug-likeness (QED) is 0.400. The summed E-state index contributed by atoms with van der Waals surface area (Å²) in [6.45, 7) is 6.41. The first-order valence-corrected chi connectivity index (χ1v) is 13.6. The molecule has 1 aromatic rings. The summed E-state index contributed by atoms with van der Waals surface area (Å²) < 4.78 is 0. The molecule has 0 amide bonds. The first-order valence-electron chi connectivity index (χ1n) is 13.1. The maximum atomic E-state index is 6.09. The van der Waals surface area contributed by atoms with E-state index in [0.29, 0.717) is 5.88 Å². The second kappa shape index (κ2) is 11.4. The zero-order chi connectivity index (χ0) is 20.8. The van der Waals surface area contributed by atoms with E-state index in [4.69, 9.17) is 11.6 Å². The van der Waals surface area contributed by atoms with Gasteiger partial charge in [0, 0.05) is 12.4 Å². The molecule has 1 saturated heterocycles. The van der Waals surface area contributed by atoms with Crippen molar-refractivity contribution in [1.29, 1.82) is 0 Å². The van der Waals surface area contributed by atoms with Gasteiger partial charge in [0.25, 0.3) is 0 Å². The Bertz CT molecular complexity index is 634. The van der Waals surface area contributed by atoms with E-state index in [2.05, 4.69) is 30.0 Å². The number of likely N-dealkylation sites (tertiary alicyclic amines) is 1. The number of nitrogens with zero attached hydrogens (tertiary/aromatic N) is 1. The Balaban J connectivity index is 1.14. The highest BCUT2D eigenvalue weighted by Crippen LogP contribution is 2.37. The van der Waals surface area contributed by atoms with E-state index in [1.165, 1.54) is 120 Å². The molecule has 30 heavy (non-hydrogen) atoms. The van der Waals surface area contributed by atoms with Crippen LogP contribution in [0.3, 0.4) is 0 Å². The van der Waals surface area contributed by atoms with Gasteiger partial charge in [-0.25, -0.2) is 0 Å². The van der Waals surface area contributed by atoms with Crippen LogP contribution >= 0.6 is 11.6 Å². The number of rotatable bonds is 7. The van der Waals surface area contributed by atoms with Gasteiger partial charge >= 0.3 is 0 Å². The van der Waals surface area contributed by atoms with Gasteiger partial charge in [0.15, 0.2) is 0 Å². The van der Waals surface area contributed by atoms with Crippen molar-refractivity contribution in [3.8, 4) is 0 Å². The second-order valence-electron chi connectivity index (χ2n) is 10.8.